The van der Waals surface area contributed by atoms with Crippen LogP contribution in [-0.2, 0) is 4.79 Å². The summed E-state index contributed by atoms with van der Waals surface area (Å²) < 4.78 is 15.5. The van der Waals surface area contributed by atoms with Crippen molar-refractivity contribution in [2.75, 3.05) is 28.4 Å². The highest BCUT2D eigenvalue weighted by Crippen LogP contribution is 2.39. The first kappa shape index (κ1) is 14.4. The fourth-order valence-electron chi connectivity index (χ4n) is 1.52. The number of hydrogen-bond acceptors (Lipinski definition) is 4. The highest BCUT2D eigenvalue weighted by atomic mass is 35.5. The molecule has 0 heterocycles. The van der Waals surface area contributed by atoms with Gasteiger partial charge in [-0.1, -0.05) is 0 Å². The van der Waals surface area contributed by atoms with Gasteiger partial charge in [-0.3, -0.25) is 4.79 Å². The number of likely N-dealkylation sites (N-methyl/N-ethyl adjacent to an activating group) is 1. The third-order valence-electron chi connectivity index (χ3n) is 2.49. The zero-order chi connectivity index (χ0) is 13.7. The van der Waals surface area contributed by atoms with Crippen molar-refractivity contribution in [1.29, 1.82) is 0 Å². The third-order valence-corrected chi connectivity index (χ3v) is 2.92. The average molecular weight is 274 g/mol. The van der Waals surface area contributed by atoms with Crippen molar-refractivity contribution < 1.29 is 19.0 Å². The van der Waals surface area contributed by atoms with Crippen LogP contribution in [0, 0.1) is 0 Å². The average Bonchev–Trinajstić information content (AvgIpc) is 2.43. The number of carbonyl (C=O) groups is 1. The smallest absolute Gasteiger partial charge is 0.242 e. The van der Waals surface area contributed by atoms with E-state index in [1.165, 1.54) is 28.4 Å². The van der Waals surface area contributed by atoms with Crippen LogP contribution in [0.2, 0.25) is 0 Å². The molecule has 1 amide bonds. The van der Waals surface area contributed by atoms with E-state index < -0.39 is 5.38 Å². The molecular formula is C12H16ClNO4. The van der Waals surface area contributed by atoms with Gasteiger partial charge in [0.05, 0.1) is 21.3 Å². The summed E-state index contributed by atoms with van der Waals surface area (Å²) in [5.41, 5.74) is 0.524. The van der Waals surface area contributed by atoms with Crippen LogP contribution in [0.5, 0.6) is 17.2 Å². The van der Waals surface area contributed by atoms with Gasteiger partial charge in [-0.2, -0.15) is 0 Å². The van der Waals surface area contributed by atoms with E-state index in [1.807, 2.05) is 0 Å². The summed E-state index contributed by atoms with van der Waals surface area (Å²) in [7, 11) is 6.05. The van der Waals surface area contributed by atoms with Crippen molar-refractivity contribution in [3.05, 3.63) is 17.7 Å². The number of nitrogens with one attached hydrogen (secondary N) is 1. The summed E-state index contributed by atoms with van der Waals surface area (Å²) in [6.07, 6.45) is 0. The van der Waals surface area contributed by atoms with Crippen molar-refractivity contribution in [3.8, 4) is 17.2 Å². The second kappa shape index (κ2) is 6.35. The largest absolute Gasteiger partial charge is 0.496 e. The van der Waals surface area contributed by atoms with Gasteiger partial charge < -0.3 is 19.5 Å². The lowest BCUT2D eigenvalue weighted by Crippen LogP contribution is -2.22. The molecule has 1 unspecified atom stereocenters. The minimum Gasteiger partial charge on any atom is -0.496 e. The normalized spacial score (nSPS) is 11.6. The molecule has 0 saturated heterocycles. The lowest BCUT2D eigenvalue weighted by atomic mass is 10.1. The summed E-state index contributed by atoms with van der Waals surface area (Å²) in [6, 6.07) is 3.26. The van der Waals surface area contributed by atoms with Crippen LogP contribution in [0.1, 0.15) is 10.9 Å². The van der Waals surface area contributed by atoms with Gasteiger partial charge in [-0.05, 0) is 6.07 Å². The van der Waals surface area contributed by atoms with E-state index in [-0.39, 0.29) is 5.91 Å². The minimum absolute atomic E-state index is 0.317. The maximum absolute atomic E-state index is 11.6. The Labute approximate surface area is 111 Å². The van der Waals surface area contributed by atoms with Gasteiger partial charge in [0.2, 0.25) is 5.91 Å². The molecule has 0 aliphatic carbocycles. The van der Waals surface area contributed by atoms with Crippen molar-refractivity contribution in [2.45, 2.75) is 5.38 Å². The molecule has 100 valence electrons. The van der Waals surface area contributed by atoms with E-state index in [1.54, 1.807) is 12.1 Å². The van der Waals surface area contributed by atoms with Crippen molar-refractivity contribution >= 4 is 17.5 Å². The van der Waals surface area contributed by atoms with E-state index in [2.05, 4.69) is 5.32 Å². The van der Waals surface area contributed by atoms with Crippen LogP contribution in [0.3, 0.4) is 0 Å². The number of methoxy groups -OCH3 is 3. The first-order chi connectivity index (χ1) is 8.58. The molecule has 0 aliphatic rings. The van der Waals surface area contributed by atoms with Crippen LogP contribution < -0.4 is 19.5 Å². The predicted octanol–water partition coefficient (Wildman–Crippen LogP) is 1.74. The predicted molar refractivity (Wildman–Crippen MR) is 68.8 cm³/mol. The molecule has 6 heteroatoms. The molecule has 1 rings (SSSR count). The number of carbonyl (C=O) groups excluding carboxylic acids is 1. The van der Waals surface area contributed by atoms with Gasteiger partial charge in [0, 0.05) is 18.7 Å². The summed E-state index contributed by atoms with van der Waals surface area (Å²) in [5.74, 6) is 1.15. The van der Waals surface area contributed by atoms with E-state index >= 15 is 0 Å². The Bertz CT molecular complexity index is 436. The summed E-state index contributed by atoms with van der Waals surface area (Å²) >= 11 is 6.08. The van der Waals surface area contributed by atoms with E-state index in [4.69, 9.17) is 25.8 Å². The van der Waals surface area contributed by atoms with Gasteiger partial charge in [0.15, 0.2) is 11.5 Å². The summed E-state index contributed by atoms with van der Waals surface area (Å²) in [6.45, 7) is 0. The van der Waals surface area contributed by atoms with Gasteiger partial charge in [-0.25, -0.2) is 0 Å². The first-order valence-corrected chi connectivity index (χ1v) is 5.68. The van der Waals surface area contributed by atoms with Gasteiger partial charge in [-0.15, -0.1) is 11.6 Å². The molecule has 0 saturated carbocycles. The van der Waals surface area contributed by atoms with Gasteiger partial charge >= 0.3 is 0 Å². The molecule has 18 heavy (non-hydrogen) atoms. The molecule has 1 aromatic carbocycles. The van der Waals surface area contributed by atoms with Crippen molar-refractivity contribution in [2.24, 2.45) is 0 Å². The second-order valence-electron chi connectivity index (χ2n) is 3.43. The third kappa shape index (κ3) is 2.79. The Morgan fingerprint density at radius 2 is 1.61 bits per heavy atom. The second-order valence-corrected chi connectivity index (χ2v) is 3.86. The fraction of sp³-hybridized carbons (Fsp3) is 0.417. The Morgan fingerprint density at radius 1 is 1.11 bits per heavy atom. The highest BCUT2D eigenvalue weighted by molar-refractivity contribution is 6.31. The Kier molecular flexibility index (Phi) is 5.09. The number of hydrogen-bond donors (Lipinski definition) is 1. The van der Waals surface area contributed by atoms with Crippen LogP contribution >= 0.6 is 11.6 Å². The maximum Gasteiger partial charge on any atom is 0.242 e. The number of benzene rings is 1. The molecular weight excluding hydrogens is 258 g/mol. The first-order valence-electron chi connectivity index (χ1n) is 5.24. The number of rotatable bonds is 5. The van der Waals surface area contributed by atoms with Crippen LogP contribution in [0.4, 0.5) is 0 Å². The molecule has 0 bridgehead atoms. The molecule has 0 aromatic heterocycles. The quantitative estimate of drug-likeness (QED) is 0.830. The zero-order valence-corrected chi connectivity index (χ0v) is 11.5. The van der Waals surface area contributed by atoms with Crippen molar-refractivity contribution in [3.63, 3.8) is 0 Å². The Balaban J connectivity index is 3.29. The lowest BCUT2D eigenvalue weighted by molar-refractivity contribution is -0.120. The van der Waals surface area contributed by atoms with Crippen LogP contribution in [-0.4, -0.2) is 34.3 Å². The molecule has 1 aromatic rings. The minimum atomic E-state index is -0.857. The van der Waals surface area contributed by atoms with E-state index in [9.17, 15) is 4.79 Å². The van der Waals surface area contributed by atoms with Gasteiger partial charge in [0.25, 0.3) is 0 Å². The molecule has 1 N–H and O–H groups in total. The monoisotopic (exact) mass is 273 g/mol. The number of halogens is 1. The van der Waals surface area contributed by atoms with Crippen LogP contribution in [0.15, 0.2) is 12.1 Å². The number of alkyl halides is 1. The molecule has 1 atom stereocenters. The fourth-order valence-corrected chi connectivity index (χ4v) is 1.80. The maximum atomic E-state index is 11.6. The number of amides is 1. The van der Waals surface area contributed by atoms with Crippen LogP contribution in [0.25, 0.3) is 0 Å². The lowest BCUT2D eigenvalue weighted by Gasteiger charge is -2.16. The molecule has 5 nitrogen and oxygen atoms in total. The highest BCUT2D eigenvalue weighted by Gasteiger charge is 2.23. The molecule has 0 fully saturated rings. The van der Waals surface area contributed by atoms with Gasteiger partial charge in [0.1, 0.15) is 11.1 Å². The SMILES string of the molecule is CNC(=O)C(Cl)c1cc(OC)c(OC)cc1OC. The molecule has 0 spiro atoms. The summed E-state index contributed by atoms with van der Waals surface area (Å²) in [5, 5.41) is 1.63. The Morgan fingerprint density at radius 3 is 2.06 bits per heavy atom. The molecule has 0 radical (unpaired) electrons. The molecule has 0 aliphatic heterocycles. The number of ether oxygens (including phenoxy) is 3. The Hall–Kier alpha value is -1.62. The van der Waals surface area contributed by atoms with E-state index in [0.29, 0.717) is 22.8 Å². The standard InChI is InChI=1S/C12H16ClNO4/c1-14-12(15)11(13)7-5-9(17-3)10(18-4)6-8(7)16-2/h5-6,11H,1-4H3,(H,14,15). The zero-order valence-electron chi connectivity index (χ0n) is 10.7. The van der Waals surface area contributed by atoms with E-state index in [0.717, 1.165) is 0 Å². The topological polar surface area (TPSA) is 56.8 Å². The summed E-state index contributed by atoms with van der Waals surface area (Å²) in [4.78, 5) is 11.6. The van der Waals surface area contributed by atoms with Crippen molar-refractivity contribution in [1.82, 2.24) is 5.32 Å².